The minimum absolute atomic E-state index is 0.134. The molecule has 3 rings (SSSR count). The minimum Gasteiger partial charge on any atom is -0.452 e. The first kappa shape index (κ1) is 14.6. The summed E-state index contributed by atoms with van der Waals surface area (Å²) in [6.45, 7) is 0.575. The van der Waals surface area contributed by atoms with Gasteiger partial charge in [-0.05, 0) is 41.6 Å². The lowest BCUT2D eigenvalue weighted by Crippen LogP contribution is -2.41. The van der Waals surface area contributed by atoms with Gasteiger partial charge in [0.2, 0.25) is 10.0 Å². The van der Waals surface area contributed by atoms with E-state index in [9.17, 15) is 8.42 Å². The normalized spacial score (nSPS) is 20.4. The lowest BCUT2D eigenvalue weighted by atomic mass is 9.94. The van der Waals surface area contributed by atoms with Crippen LogP contribution in [0.2, 0.25) is 0 Å². The van der Waals surface area contributed by atoms with Gasteiger partial charge in [-0.1, -0.05) is 6.42 Å². The van der Waals surface area contributed by atoms with Gasteiger partial charge in [-0.2, -0.15) is 4.31 Å². The number of rotatable bonds is 6. The highest BCUT2D eigenvalue weighted by molar-refractivity contribution is 9.10. The van der Waals surface area contributed by atoms with Gasteiger partial charge < -0.3 is 9.73 Å². The molecule has 0 atom stereocenters. The lowest BCUT2D eigenvalue weighted by molar-refractivity contribution is 0.249. The van der Waals surface area contributed by atoms with Gasteiger partial charge in [0.05, 0.1) is 6.54 Å². The first-order valence-corrected chi connectivity index (χ1v) is 9.21. The summed E-state index contributed by atoms with van der Waals surface area (Å²) >= 11 is 3.23. The van der Waals surface area contributed by atoms with E-state index in [4.69, 9.17) is 4.42 Å². The van der Waals surface area contributed by atoms with Gasteiger partial charge in [0.1, 0.15) is 10.7 Å². The van der Waals surface area contributed by atoms with Crippen LogP contribution in [0.25, 0.3) is 0 Å². The quantitative estimate of drug-likeness (QED) is 0.844. The van der Waals surface area contributed by atoms with Gasteiger partial charge in [0.25, 0.3) is 0 Å². The van der Waals surface area contributed by atoms with Crippen LogP contribution in [-0.4, -0.2) is 31.9 Å². The molecule has 0 spiro atoms. The van der Waals surface area contributed by atoms with Crippen LogP contribution in [0.4, 0.5) is 0 Å². The molecule has 2 fully saturated rings. The molecule has 0 radical (unpaired) electrons. The van der Waals surface area contributed by atoms with Crippen molar-refractivity contribution in [2.75, 3.05) is 7.05 Å². The molecule has 0 bridgehead atoms. The van der Waals surface area contributed by atoms with Crippen molar-refractivity contribution in [2.45, 2.75) is 55.6 Å². The Morgan fingerprint density at radius 3 is 2.65 bits per heavy atom. The van der Waals surface area contributed by atoms with E-state index >= 15 is 0 Å². The van der Waals surface area contributed by atoms with Crippen LogP contribution in [0.5, 0.6) is 0 Å². The molecule has 7 heteroatoms. The monoisotopic (exact) mass is 362 g/mol. The highest BCUT2D eigenvalue weighted by Gasteiger charge is 2.34. The summed E-state index contributed by atoms with van der Waals surface area (Å²) in [6.07, 6.45) is 5.38. The highest BCUT2D eigenvalue weighted by Crippen LogP contribution is 2.33. The third kappa shape index (κ3) is 2.81. The first-order chi connectivity index (χ1) is 9.48. The zero-order valence-electron chi connectivity index (χ0n) is 11.4. The standard InChI is InChI=1S/C13H19BrN2O3S/c1-16(10-3-2-4-10)20(17,18)12-7-11(19-13(12)14)8-15-9-5-6-9/h7,9-10,15H,2-6,8H2,1H3. The Labute approximate surface area is 127 Å². The molecule has 1 aromatic rings. The Bertz CT molecular complexity index is 591. The molecular formula is C13H19BrN2O3S. The van der Waals surface area contributed by atoms with Crippen LogP contribution < -0.4 is 5.32 Å². The van der Waals surface area contributed by atoms with Gasteiger partial charge >= 0.3 is 0 Å². The molecule has 0 saturated heterocycles. The van der Waals surface area contributed by atoms with E-state index in [2.05, 4.69) is 21.2 Å². The Morgan fingerprint density at radius 2 is 2.10 bits per heavy atom. The van der Waals surface area contributed by atoms with Crippen molar-refractivity contribution in [1.82, 2.24) is 9.62 Å². The fourth-order valence-electron chi connectivity index (χ4n) is 2.29. The van der Waals surface area contributed by atoms with Crippen molar-refractivity contribution in [3.8, 4) is 0 Å². The number of furan rings is 1. The average molecular weight is 363 g/mol. The Kier molecular flexibility index (Phi) is 3.96. The zero-order chi connectivity index (χ0) is 14.3. The molecule has 1 heterocycles. The van der Waals surface area contributed by atoms with Crippen molar-refractivity contribution >= 4 is 26.0 Å². The summed E-state index contributed by atoms with van der Waals surface area (Å²) in [5.74, 6) is 0.657. The van der Waals surface area contributed by atoms with E-state index < -0.39 is 10.0 Å². The summed E-state index contributed by atoms with van der Waals surface area (Å²) in [4.78, 5) is 0.236. The summed E-state index contributed by atoms with van der Waals surface area (Å²) in [7, 11) is -1.81. The van der Waals surface area contributed by atoms with Crippen LogP contribution in [0.3, 0.4) is 0 Å². The summed E-state index contributed by atoms with van der Waals surface area (Å²) < 4.78 is 32.4. The van der Waals surface area contributed by atoms with E-state index in [1.165, 1.54) is 17.1 Å². The van der Waals surface area contributed by atoms with E-state index in [1.54, 1.807) is 13.1 Å². The van der Waals surface area contributed by atoms with Crippen LogP contribution >= 0.6 is 15.9 Å². The second kappa shape index (κ2) is 5.44. The molecule has 2 aliphatic rings. The molecule has 0 amide bonds. The molecule has 0 unspecified atom stereocenters. The maximum absolute atomic E-state index is 12.6. The molecule has 1 aromatic heterocycles. The van der Waals surface area contributed by atoms with Gasteiger partial charge in [-0.15, -0.1) is 0 Å². The molecular weight excluding hydrogens is 344 g/mol. The minimum atomic E-state index is -3.47. The molecule has 0 aliphatic heterocycles. The number of hydrogen-bond donors (Lipinski definition) is 1. The maximum Gasteiger partial charge on any atom is 0.247 e. The molecule has 1 N–H and O–H groups in total. The number of hydrogen-bond acceptors (Lipinski definition) is 4. The maximum atomic E-state index is 12.6. The SMILES string of the molecule is CN(C1CCC1)S(=O)(=O)c1cc(CNC2CC2)oc1Br. The highest BCUT2D eigenvalue weighted by atomic mass is 79.9. The van der Waals surface area contributed by atoms with Crippen molar-refractivity contribution < 1.29 is 12.8 Å². The lowest BCUT2D eigenvalue weighted by Gasteiger charge is -2.33. The molecule has 112 valence electrons. The fraction of sp³-hybridized carbons (Fsp3) is 0.692. The first-order valence-electron chi connectivity index (χ1n) is 6.98. The van der Waals surface area contributed by atoms with Crippen molar-refractivity contribution in [1.29, 1.82) is 0 Å². The number of halogens is 1. The third-order valence-corrected chi connectivity index (χ3v) is 6.86. The Morgan fingerprint density at radius 1 is 1.40 bits per heavy atom. The molecule has 2 saturated carbocycles. The van der Waals surface area contributed by atoms with Gasteiger partial charge in [-0.3, -0.25) is 0 Å². The summed E-state index contributed by atoms with van der Waals surface area (Å²) in [6, 6.07) is 2.33. The van der Waals surface area contributed by atoms with E-state index in [-0.39, 0.29) is 10.9 Å². The zero-order valence-corrected chi connectivity index (χ0v) is 13.8. The second-order valence-electron chi connectivity index (χ2n) is 5.61. The fourth-order valence-corrected chi connectivity index (χ4v) is 4.67. The smallest absolute Gasteiger partial charge is 0.247 e. The average Bonchev–Trinajstić information content (AvgIpc) is 3.07. The number of nitrogens with one attached hydrogen (secondary N) is 1. The van der Waals surface area contributed by atoms with Gasteiger partial charge in [0.15, 0.2) is 4.67 Å². The third-order valence-electron chi connectivity index (χ3n) is 4.09. The van der Waals surface area contributed by atoms with Gasteiger partial charge in [0, 0.05) is 25.2 Å². The predicted molar refractivity (Wildman–Crippen MR) is 78.9 cm³/mol. The van der Waals surface area contributed by atoms with Crippen LogP contribution in [0.15, 0.2) is 20.0 Å². The second-order valence-corrected chi connectivity index (χ2v) is 8.30. The summed E-state index contributed by atoms with van der Waals surface area (Å²) in [5.41, 5.74) is 0. The van der Waals surface area contributed by atoms with Crippen LogP contribution in [0.1, 0.15) is 37.9 Å². The molecule has 0 aromatic carbocycles. The number of sulfonamides is 1. The Balaban J connectivity index is 1.76. The molecule has 2 aliphatic carbocycles. The predicted octanol–water partition coefficient (Wildman–Crippen LogP) is 2.47. The molecule has 20 heavy (non-hydrogen) atoms. The van der Waals surface area contributed by atoms with Crippen molar-refractivity contribution in [3.63, 3.8) is 0 Å². The van der Waals surface area contributed by atoms with Crippen LogP contribution in [-0.2, 0) is 16.6 Å². The van der Waals surface area contributed by atoms with E-state index in [0.29, 0.717) is 23.0 Å². The van der Waals surface area contributed by atoms with Gasteiger partial charge in [-0.25, -0.2) is 8.42 Å². The van der Waals surface area contributed by atoms with Crippen molar-refractivity contribution in [3.05, 3.63) is 16.5 Å². The van der Waals surface area contributed by atoms with Crippen LogP contribution in [0, 0.1) is 0 Å². The Hall–Kier alpha value is -0.370. The van der Waals surface area contributed by atoms with E-state index in [0.717, 1.165) is 19.3 Å². The molecule has 5 nitrogen and oxygen atoms in total. The summed E-state index contributed by atoms with van der Waals surface area (Å²) in [5, 5.41) is 3.32. The topological polar surface area (TPSA) is 62.6 Å². The largest absolute Gasteiger partial charge is 0.452 e. The van der Waals surface area contributed by atoms with E-state index in [1.807, 2.05) is 0 Å². The van der Waals surface area contributed by atoms with Crippen molar-refractivity contribution in [2.24, 2.45) is 0 Å². The number of nitrogens with zero attached hydrogens (tertiary/aromatic N) is 1.